The molecular weight excluding hydrogens is 639 g/mol. The molecule has 1 nitrogen and oxygen atoms in total. The molecule has 0 radical (unpaired) electrons. The van der Waals surface area contributed by atoms with Gasteiger partial charge in [-0.1, -0.05) is 167 Å². The van der Waals surface area contributed by atoms with Crippen LogP contribution in [0.4, 0.5) is 17.1 Å². The molecule has 0 unspecified atom stereocenters. The number of benzene rings is 8. The predicted octanol–water partition coefficient (Wildman–Crippen LogP) is 14.3. The fraction of sp³-hybridized carbons (Fsp3) is 0.115. The maximum absolute atomic E-state index is 2.41. The van der Waals surface area contributed by atoms with Crippen LogP contribution in [0.5, 0.6) is 0 Å². The van der Waals surface area contributed by atoms with Crippen LogP contribution in [0.3, 0.4) is 0 Å². The summed E-state index contributed by atoms with van der Waals surface area (Å²) >= 11 is 0. The molecule has 0 aromatic heterocycles. The van der Waals surface area contributed by atoms with Crippen molar-refractivity contribution >= 4 is 27.8 Å². The topological polar surface area (TPSA) is 3.24 Å². The second-order valence-electron chi connectivity index (χ2n) is 15.7. The van der Waals surface area contributed by atoms with Crippen molar-refractivity contribution in [3.8, 4) is 44.5 Å². The van der Waals surface area contributed by atoms with Gasteiger partial charge in [0.1, 0.15) is 0 Å². The normalized spacial score (nSPS) is 14.3. The van der Waals surface area contributed by atoms with E-state index in [4.69, 9.17) is 0 Å². The average Bonchev–Trinajstić information content (AvgIpc) is 3.43. The fourth-order valence-corrected chi connectivity index (χ4v) is 9.49. The number of hydrogen-bond donors (Lipinski definition) is 0. The predicted molar refractivity (Wildman–Crippen MR) is 225 cm³/mol. The van der Waals surface area contributed by atoms with E-state index in [1.807, 2.05) is 0 Å². The van der Waals surface area contributed by atoms with Gasteiger partial charge in [0, 0.05) is 27.9 Å². The lowest BCUT2D eigenvalue weighted by molar-refractivity contribution is 0.647. The van der Waals surface area contributed by atoms with Gasteiger partial charge < -0.3 is 4.90 Å². The minimum Gasteiger partial charge on any atom is -0.310 e. The second kappa shape index (κ2) is 11.7. The Hall–Kier alpha value is -6.18. The van der Waals surface area contributed by atoms with E-state index < -0.39 is 0 Å². The summed E-state index contributed by atoms with van der Waals surface area (Å²) in [5.41, 5.74) is 19.1. The zero-order chi connectivity index (χ0) is 35.9. The lowest BCUT2D eigenvalue weighted by atomic mass is 9.65. The van der Waals surface area contributed by atoms with Crippen LogP contribution in [0.2, 0.25) is 0 Å². The van der Waals surface area contributed by atoms with Crippen molar-refractivity contribution in [3.05, 3.63) is 198 Å². The summed E-state index contributed by atoms with van der Waals surface area (Å²) in [5, 5.41) is 2.67. The van der Waals surface area contributed by atoms with Gasteiger partial charge in [0.15, 0.2) is 0 Å². The van der Waals surface area contributed by atoms with Gasteiger partial charge in [-0.2, -0.15) is 0 Å². The van der Waals surface area contributed by atoms with Gasteiger partial charge in [-0.05, 0) is 114 Å². The zero-order valence-electron chi connectivity index (χ0n) is 30.7. The first-order valence-corrected chi connectivity index (χ1v) is 18.8. The van der Waals surface area contributed by atoms with Crippen LogP contribution in [-0.2, 0) is 10.8 Å². The Morgan fingerprint density at radius 3 is 1.72 bits per heavy atom. The number of rotatable bonds is 5. The highest BCUT2D eigenvalue weighted by atomic mass is 15.1. The van der Waals surface area contributed by atoms with Crippen molar-refractivity contribution in [2.24, 2.45) is 0 Å². The van der Waals surface area contributed by atoms with Crippen molar-refractivity contribution in [2.45, 2.75) is 38.5 Å². The molecule has 53 heavy (non-hydrogen) atoms. The highest BCUT2D eigenvalue weighted by molar-refractivity contribution is 6.10. The Labute approximate surface area is 312 Å². The van der Waals surface area contributed by atoms with E-state index in [1.165, 1.54) is 83.2 Å². The Morgan fingerprint density at radius 1 is 0.358 bits per heavy atom. The summed E-state index contributed by atoms with van der Waals surface area (Å²) in [4.78, 5) is 2.40. The summed E-state index contributed by atoms with van der Waals surface area (Å²) in [6, 6.07) is 65.1. The molecule has 0 bridgehead atoms. The van der Waals surface area contributed by atoms with E-state index in [2.05, 4.69) is 209 Å². The van der Waals surface area contributed by atoms with Gasteiger partial charge in [-0.15, -0.1) is 0 Å². The van der Waals surface area contributed by atoms with Gasteiger partial charge in [-0.3, -0.25) is 0 Å². The molecule has 0 N–H and O–H groups in total. The molecule has 10 rings (SSSR count). The van der Waals surface area contributed by atoms with E-state index >= 15 is 0 Å². The van der Waals surface area contributed by atoms with Crippen LogP contribution in [0.25, 0.3) is 55.3 Å². The van der Waals surface area contributed by atoms with Gasteiger partial charge in [0.05, 0.1) is 0 Å². The van der Waals surface area contributed by atoms with E-state index in [0.717, 1.165) is 11.4 Å². The standard InChI is InChI=1S/C52H41N/c1-51(2)45-23-12-11-20-42(45)43-32-30-39(33-47(43)51)53(37-18-9-6-10-19-37)38-28-25-35(26-29-38)41-21-14-22-44-49-40(34-15-7-5-8-16-34)31-27-36-17-13-24-46(48(36)49)52(3,4)50(41)44/h5-33H,1-4H3. The second-order valence-corrected chi connectivity index (χ2v) is 15.7. The van der Waals surface area contributed by atoms with Crippen LogP contribution >= 0.6 is 0 Å². The summed E-state index contributed by atoms with van der Waals surface area (Å²) < 4.78 is 0. The molecule has 8 aromatic rings. The lowest BCUT2D eigenvalue weighted by Crippen LogP contribution is -2.25. The third-order valence-corrected chi connectivity index (χ3v) is 12.0. The van der Waals surface area contributed by atoms with Crippen LogP contribution in [-0.4, -0.2) is 0 Å². The van der Waals surface area contributed by atoms with E-state index in [1.54, 1.807) is 0 Å². The molecule has 0 amide bonds. The molecule has 254 valence electrons. The third kappa shape index (κ3) is 4.70. The molecule has 0 fully saturated rings. The van der Waals surface area contributed by atoms with Crippen LogP contribution in [0.15, 0.2) is 176 Å². The molecule has 0 atom stereocenters. The Kier molecular flexibility index (Phi) is 6.94. The molecule has 1 heteroatoms. The van der Waals surface area contributed by atoms with Crippen molar-refractivity contribution in [2.75, 3.05) is 4.90 Å². The van der Waals surface area contributed by atoms with Gasteiger partial charge in [0.25, 0.3) is 0 Å². The maximum Gasteiger partial charge on any atom is 0.0465 e. The quantitative estimate of drug-likeness (QED) is 0.175. The number of para-hydroxylation sites is 1. The summed E-state index contributed by atoms with van der Waals surface area (Å²) in [6.07, 6.45) is 0. The highest BCUT2D eigenvalue weighted by Gasteiger charge is 2.38. The molecule has 0 saturated carbocycles. The first-order chi connectivity index (χ1) is 25.8. The number of hydrogen-bond acceptors (Lipinski definition) is 1. The van der Waals surface area contributed by atoms with E-state index in [9.17, 15) is 0 Å². The summed E-state index contributed by atoms with van der Waals surface area (Å²) in [6.45, 7) is 9.52. The van der Waals surface area contributed by atoms with Crippen LogP contribution in [0.1, 0.15) is 49.9 Å². The van der Waals surface area contributed by atoms with Crippen molar-refractivity contribution in [1.29, 1.82) is 0 Å². The number of fused-ring (bicyclic) bond motifs is 5. The Bertz CT molecular complexity index is 2700. The van der Waals surface area contributed by atoms with Gasteiger partial charge in [0.2, 0.25) is 0 Å². The summed E-state index contributed by atoms with van der Waals surface area (Å²) in [7, 11) is 0. The molecule has 2 aliphatic rings. The molecule has 0 heterocycles. The van der Waals surface area contributed by atoms with Gasteiger partial charge >= 0.3 is 0 Å². The molecule has 8 aromatic carbocycles. The third-order valence-electron chi connectivity index (χ3n) is 12.0. The number of nitrogens with zero attached hydrogens (tertiary/aromatic N) is 1. The number of anilines is 3. The first kappa shape index (κ1) is 31.5. The van der Waals surface area contributed by atoms with E-state index in [0.29, 0.717) is 0 Å². The fourth-order valence-electron chi connectivity index (χ4n) is 9.49. The SMILES string of the molecule is CC1(C)c2ccccc2-c2ccc(N(c3ccccc3)c3ccc(-c4cccc5c4C(C)(C)c4cccc6ccc(-c7ccccc7)c-5c46)cc3)cc21. The minimum absolute atomic E-state index is 0.0727. The van der Waals surface area contributed by atoms with Gasteiger partial charge in [-0.25, -0.2) is 0 Å². The van der Waals surface area contributed by atoms with Crippen LogP contribution in [0, 0.1) is 0 Å². The zero-order valence-corrected chi connectivity index (χ0v) is 30.7. The molecular formula is C52H41N. The molecule has 0 aliphatic heterocycles. The maximum atomic E-state index is 2.41. The minimum atomic E-state index is -0.197. The molecule has 0 saturated heterocycles. The Morgan fingerprint density at radius 2 is 0.925 bits per heavy atom. The highest BCUT2D eigenvalue weighted by Crippen LogP contribution is 2.55. The Balaban J connectivity index is 1.12. The lowest BCUT2D eigenvalue weighted by Gasteiger charge is -2.38. The largest absolute Gasteiger partial charge is 0.310 e. The summed E-state index contributed by atoms with van der Waals surface area (Å²) in [5.74, 6) is 0. The smallest absolute Gasteiger partial charge is 0.0465 e. The monoisotopic (exact) mass is 679 g/mol. The molecule has 0 spiro atoms. The van der Waals surface area contributed by atoms with Crippen LogP contribution < -0.4 is 4.90 Å². The van der Waals surface area contributed by atoms with Crippen molar-refractivity contribution in [3.63, 3.8) is 0 Å². The first-order valence-electron chi connectivity index (χ1n) is 18.8. The van der Waals surface area contributed by atoms with Crippen molar-refractivity contribution in [1.82, 2.24) is 0 Å². The average molecular weight is 680 g/mol. The molecule has 2 aliphatic carbocycles. The van der Waals surface area contributed by atoms with E-state index in [-0.39, 0.29) is 10.8 Å². The van der Waals surface area contributed by atoms with Crippen molar-refractivity contribution < 1.29 is 0 Å².